The summed E-state index contributed by atoms with van der Waals surface area (Å²) in [7, 11) is -0.205. The molecule has 8 heteroatoms. The van der Waals surface area contributed by atoms with Gasteiger partial charge in [-0.1, -0.05) is 81.4 Å². The van der Waals surface area contributed by atoms with Crippen molar-refractivity contribution in [1.82, 2.24) is 4.90 Å². The van der Waals surface area contributed by atoms with Crippen molar-refractivity contribution < 1.29 is 28.6 Å². The van der Waals surface area contributed by atoms with E-state index in [1.807, 2.05) is 36.4 Å². The van der Waals surface area contributed by atoms with E-state index in [0.717, 1.165) is 0 Å². The van der Waals surface area contributed by atoms with Crippen molar-refractivity contribution in [3.05, 3.63) is 60.7 Å². The lowest BCUT2D eigenvalue weighted by Gasteiger charge is -2.45. The molecular weight excluding hydrogens is 462 g/mol. The number of piperidine rings is 1. The molecule has 0 radical (unpaired) electrons. The third-order valence-electron chi connectivity index (χ3n) is 6.87. The van der Waals surface area contributed by atoms with Gasteiger partial charge in [-0.05, 0) is 34.7 Å². The molecule has 1 fully saturated rings. The maximum atomic E-state index is 12.7. The molecule has 0 spiro atoms. The Morgan fingerprint density at radius 3 is 1.94 bits per heavy atom. The van der Waals surface area contributed by atoms with Gasteiger partial charge in [0.05, 0.1) is 20.3 Å². The molecular formula is C27H37NO6Si. The number of hydrogen-bond acceptors (Lipinski definition) is 6. The van der Waals surface area contributed by atoms with E-state index in [1.165, 1.54) is 29.5 Å². The molecule has 2 aromatic carbocycles. The number of carbonyl (C=O) groups excluding carboxylic acids is 2. The van der Waals surface area contributed by atoms with Crippen molar-refractivity contribution in [3.8, 4) is 0 Å². The largest absolute Gasteiger partial charge is 0.467 e. The lowest BCUT2D eigenvalue weighted by atomic mass is 9.91. The monoisotopic (exact) mass is 499 g/mol. The number of rotatable bonds is 7. The first-order chi connectivity index (χ1) is 16.7. The van der Waals surface area contributed by atoms with Gasteiger partial charge in [-0.15, -0.1) is 0 Å². The molecule has 7 nitrogen and oxygen atoms in total. The Balaban J connectivity index is 1.93. The molecule has 1 aliphatic heterocycles. The quantitative estimate of drug-likeness (QED) is 0.466. The summed E-state index contributed by atoms with van der Waals surface area (Å²) >= 11 is 0. The van der Waals surface area contributed by atoms with E-state index in [-0.39, 0.29) is 11.1 Å². The molecule has 0 saturated carbocycles. The molecule has 35 heavy (non-hydrogen) atoms. The molecule has 1 aliphatic rings. The van der Waals surface area contributed by atoms with Gasteiger partial charge in [-0.25, -0.2) is 9.59 Å². The Labute approximate surface area is 209 Å². The number of methoxy groups -OCH3 is 2. The fourth-order valence-electron chi connectivity index (χ4n) is 5.23. The lowest BCUT2D eigenvalue weighted by molar-refractivity contribution is -0.155. The van der Waals surface area contributed by atoms with E-state index in [1.54, 1.807) is 0 Å². The van der Waals surface area contributed by atoms with Crippen LogP contribution in [-0.4, -0.2) is 69.4 Å². The fraction of sp³-hybridized carbons (Fsp3) is 0.481. The average Bonchev–Trinajstić information content (AvgIpc) is 2.86. The first-order valence-electron chi connectivity index (χ1n) is 12.0. The number of carbonyl (C=O) groups is 2. The topological polar surface area (TPSA) is 85.3 Å². The molecule has 0 aromatic heterocycles. The summed E-state index contributed by atoms with van der Waals surface area (Å²) in [6, 6.07) is 19.3. The molecule has 0 unspecified atom stereocenters. The van der Waals surface area contributed by atoms with Crippen molar-refractivity contribution >= 4 is 30.8 Å². The highest BCUT2D eigenvalue weighted by Gasteiger charge is 2.50. The second-order valence-corrected chi connectivity index (χ2v) is 14.2. The van der Waals surface area contributed by atoms with Crippen LogP contribution in [0.2, 0.25) is 5.04 Å². The number of ether oxygens (including phenoxy) is 2. The van der Waals surface area contributed by atoms with Gasteiger partial charge in [0.15, 0.2) is 6.04 Å². The lowest BCUT2D eigenvalue weighted by Crippen LogP contribution is -2.67. The van der Waals surface area contributed by atoms with Crippen LogP contribution in [0.1, 0.15) is 40.0 Å². The summed E-state index contributed by atoms with van der Waals surface area (Å²) in [4.78, 5) is 26.4. The zero-order chi connectivity index (χ0) is 25.6. The van der Waals surface area contributed by atoms with Gasteiger partial charge in [0, 0.05) is 12.6 Å². The van der Waals surface area contributed by atoms with Gasteiger partial charge in [0.1, 0.15) is 0 Å². The molecule has 3 atom stereocenters. The zero-order valence-corrected chi connectivity index (χ0v) is 22.3. The Bertz CT molecular complexity index is 939. The molecule has 2 aromatic rings. The minimum absolute atomic E-state index is 0.172. The van der Waals surface area contributed by atoms with Gasteiger partial charge in [0.25, 0.3) is 8.32 Å². The maximum Gasteiger partial charge on any atom is 0.410 e. The van der Waals surface area contributed by atoms with Crippen LogP contribution in [0.25, 0.3) is 0 Å². The number of benzene rings is 2. The number of likely N-dealkylation sites (tertiary alicyclic amines) is 1. The van der Waals surface area contributed by atoms with Crippen LogP contribution in [0.15, 0.2) is 60.7 Å². The van der Waals surface area contributed by atoms with Crippen molar-refractivity contribution in [3.63, 3.8) is 0 Å². The van der Waals surface area contributed by atoms with Crippen molar-refractivity contribution in [2.24, 2.45) is 0 Å². The first kappa shape index (κ1) is 26.9. The summed E-state index contributed by atoms with van der Waals surface area (Å²) in [6.45, 7) is 7.02. The van der Waals surface area contributed by atoms with Gasteiger partial charge in [0.2, 0.25) is 0 Å². The minimum atomic E-state index is -2.73. The van der Waals surface area contributed by atoms with Gasteiger partial charge < -0.3 is 19.0 Å². The number of amides is 1. The molecule has 1 amide bonds. The van der Waals surface area contributed by atoms with Crippen LogP contribution in [0, 0.1) is 0 Å². The molecule has 190 valence electrons. The van der Waals surface area contributed by atoms with Crippen LogP contribution < -0.4 is 10.4 Å². The highest BCUT2D eigenvalue weighted by atomic mass is 28.4. The van der Waals surface area contributed by atoms with Crippen molar-refractivity contribution in [2.45, 2.75) is 63.3 Å². The molecule has 0 aliphatic carbocycles. The molecule has 0 bridgehead atoms. The Morgan fingerprint density at radius 2 is 1.49 bits per heavy atom. The van der Waals surface area contributed by atoms with Crippen molar-refractivity contribution in [1.29, 1.82) is 0 Å². The second-order valence-electron chi connectivity index (χ2n) is 9.94. The Hall–Kier alpha value is -2.68. The second kappa shape index (κ2) is 11.4. The van der Waals surface area contributed by atoms with E-state index < -0.39 is 32.5 Å². The highest BCUT2D eigenvalue weighted by Crippen LogP contribution is 2.37. The van der Waals surface area contributed by atoms with Crippen LogP contribution >= 0.6 is 0 Å². The average molecular weight is 500 g/mol. The van der Waals surface area contributed by atoms with E-state index in [2.05, 4.69) is 45.0 Å². The third-order valence-corrected chi connectivity index (χ3v) is 11.9. The first-order valence-corrected chi connectivity index (χ1v) is 14.0. The SMILES string of the molecule is COC(=O)[C@H]1[C@@H](O)CC[C@@H](CCO[Si](c2ccccc2)(c2ccccc2)C(C)(C)C)N1C(=O)OC. The minimum Gasteiger partial charge on any atom is -0.467 e. The van der Waals surface area contributed by atoms with E-state index in [0.29, 0.717) is 25.9 Å². The van der Waals surface area contributed by atoms with E-state index in [9.17, 15) is 14.7 Å². The van der Waals surface area contributed by atoms with E-state index >= 15 is 0 Å². The highest BCUT2D eigenvalue weighted by molar-refractivity contribution is 6.99. The van der Waals surface area contributed by atoms with Gasteiger partial charge in [-0.2, -0.15) is 0 Å². The normalized spacial score (nSPS) is 20.9. The number of aliphatic hydroxyl groups excluding tert-OH is 1. The van der Waals surface area contributed by atoms with Crippen LogP contribution in [0.5, 0.6) is 0 Å². The fourth-order valence-corrected chi connectivity index (χ4v) is 9.80. The summed E-state index contributed by atoms with van der Waals surface area (Å²) in [5.74, 6) is -0.652. The van der Waals surface area contributed by atoms with Crippen LogP contribution in [0.3, 0.4) is 0 Å². The number of hydrogen-bond donors (Lipinski definition) is 1. The predicted molar refractivity (Wildman–Crippen MR) is 137 cm³/mol. The molecule has 1 saturated heterocycles. The molecule has 1 N–H and O–H groups in total. The standard InChI is InChI=1S/C27H37NO6Si/c1-27(2,3)35(21-12-8-6-9-13-21,22-14-10-7-11-15-22)34-19-18-20-16-17-23(29)24(25(30)32-4)28(20)26(31)33-5/h6-15,20,23-24,29H,16-19H2,1-5H3/t20-,23-,24+/m0/s1. The third kappa shape index (κ3) is 5.44. The maximum absolute atomic E-state index is 12.7. The Morgan fingerprint density at radius 1 is 0.943 bits per heavy atom. The van der Waals surface area contributed by atoms with E-state index in [4.69, 9.17) is 13.9 Å². The molecule has 3 rings (SSSR count). The number of aliphatic hydroxyl groups is 1. The van der Waals surface area contributed by atoms with Crippen LogP contribution in [-0.2, 0) is 18.7 Å². The number of esters is 1. The van der Waals surface area contributed by atoms with Crippen molar-refractivity contribution in [2.75, 3.05) is 20.8 Å². The van der Waals surface area contributed by atoms with Crippen LogP contribution in [0.4, 0.5) is 4.79 Å². The predicted octanol–water partition coefficient (Wildman–Crippen LogP) is 3.09. The van der Waals surface area contributed by atoms with Gasteiger partial charge >= 0.3 is 12.1 Å². The Kier molecular flexibility index (Phi) is 8.74. The summed E-state index contributed by atoms with van der Waals surface area (Å²) in [5.41, 5.74) is 0. The zero-order valence-electron chi connectivity index (χ0n) is 21.3. The number of nitrogens with zero attached hydrogens (tertiary/aromatic N) is 1. The summed E-state index contributed by atoms with van der Waals surface area (Å²) in [6.07, 6.45) is -0.241. The molecule has 1 heterocycles. The smallest absolute Gasteiger partial charge is 0.410 e. The summed E-state index contributed by atoms with van der Waals surface area (Å²) in [5, 5.41) is 12.7. The van der Waals surface area contributed by atoms with Gasteiger partial charge in [-0.3, -0.25) is 4.90 Å². The summed E-state index contributed by atoms with van der Waals surface area (Å²) < 4.78 is 16.8.